The smallest absolute Gasteiger partial charge is 0.0872 e. The SMILES string of the molecule is C=C(CC)CN1CC(C)(O)C1. The van der Waals surface area contributed by atoms with E-state index in [4.69, 9.17) is 0 Å². The number of β-amino-alcohol motifs (C(OH)–C–C–N with tert-alkyl or cyclic N) is 1. The van der Waals surface area contributed by atoms with Crippen LogP contribution in [-0.2, 0) is 0 Å². The van der Waals surface area contributed by atoms with Crippen molar-refractivity contribution in [1.82, 2.24) is 4.90 Å². The van der Waals surface area contributed by atoms with Gasteiger partial charge in [-0.3, -0.25) is 4.90 Å². The lowest BCUT2D eigenvalue weighted by molar-refractivity contribution is -0.0789. The minimum Gasteiger partial charge on any atom is -0.388 e. The Bertz CT molecular complexity index is 155. The van der Waals surface area contributed by atoms with Gasteiger partial charge in [0.2, 0.25) is 0 Å². The zero-order valence-electron chi connectivity index (χ0n) is 7.43. The molecule has 1 aliphatic rings. The van der Waals surface area contributed by atoms with Gasteiger partial charge in [-0.2, -0.15) is 0 Å². The lowest BCUT2D eigenvalue weighted by atomic mass is 9.96. The van der Waals surface area contributed by atoms with E-state index in [-0.39, 0.29) is 0 Å². The maximum Gasteiger partial charge on any atom is 0.0872 e. The van der Waals surface area contributed by atoms with E-state index in [1.807, 2.05) is 6.92 Å². The highest BCUT2D eigenvalue weighted by Crippen LogP contribution is 2.20. The van der Waals surface area contributed by atoms with Crippen LogP contribution in [0.25, 0.3) is 0 Å². The Kier molecular flexibility index (Phi) is 2.35. The monoisotopic (exact) mass is 155 g/mol. The fourth-order valence-corrected chi connectivity index (χ4v) is 1.46. The Morgan fingerprint density at radius 3 is 2.55 bits per heavy atom. The first-order valence-electron chi connectivity index (χ1n) is 4.15. The molecular formula is C9H17NO. The third kappa shape index (κ3) is 2.31. The van der Waals surface area contributed by atoms with E-state index in [2.05, 4.69) is 18.4 Å². The number of aliphatic hydroxyl groups is 1. The van der Waals surface area contributed by atoms with Crippen LogP contribution in [0.15, 0.2) is 12.2 Å². The summed E-state index contributed by atoms with van der Waals surface area (Å²) in [5.41, 5.74) is 0.814. The van der Waals surface area contributed by atoms with Crippen molar-refractivity contribution in [3.8, 4) is 0 Å². The Hall–Kier alpha value is -0.340. The Labute approximate surface area is 68.5 Å². The van der Waals surface area contributed by atoms with Gasteiger partial charge < -0.3 is 5.11 Å². The number of hydrogen-bond donors (Lipinski definition) is 1. The maximum atomic E-state index is 9.40. The summed E-state index contributed by atoms with van der Waals surface area (Å²) >= 11 is 0. The molecule has 0 atom stereocenters. The highest BCUT2D eigenvalue weighted by atomic mass is 16.3. The average Bonchev–Trinajstić information content (AvgIpc) is 1.83. The lowest BCUT2D eigenvalue weighted by Crippen LogP contribution is -2.59. The maximum absolute atomic E-state index is 9.40. The summed E-state index contributed by atoms with van der Waals surface area (Å²) in [7, 11) is 0. The van der Waals surface area contributed by atoms with E-state index in [1.165, 1.54) is 5.57 Å². The molecule has 0 aliphatic carbocycles. The van der Waals surface area contributed by atoms with Gasteiger partial charge in [0.25, 0.3) is 0 Å². The van der Waals surface area contributed by atoms with Gasteiger partial charge in [-0.05, 0) is 13.3 Å². The standard InChI is InChI=1S/C9H17NO/c1-4-8(2)5-10-6-9(3,11)7-10/h11H,2,4-7H2,1,3H3. The van der Waals surface area contributed by atoms with Crippen LogP contribution >= 0.6 is 0 Å². The van der Waals surface area contributed by atoms with E-state index in [9.17, 15) is 5.11 Å². The molecule has 64 valence electrons. The summed E-state index contributed by atoms with van der Waals surface area (Å²) in [6.45, 7) is 10.5. The Balaban J connectivity index is 2.19. The Morgan fingerprint density at radius 2 is 2.18 bits per heavy atom. The van der Waals surface area contributed by atoms with Crippen molar-refractivity contribution >= 4 is 0 Å². The van der Waals surface area contributed by atoms with Gasteiger partial charge in [-0.25, -0.2) is 0 Å². The van der Waals surface area contributed by atoms with Crippen LogP contribution in [0, 0.1) is 0 Å². The van der Waals surface area contributed by atoms with Gasteiger partial charge >= 0.3 is 0 Å². The van der Waals surface area contributed by atoms with Crippen LogP contribution in [-0.4, -0.2) is 35.2 Å². The Morgan fingerprint density at radius 1 is 1.64 bits per heavy atom. The second kappa shape index (κ2) is 2.95. The van der Waals surface area contributed by atoms with Crippen LogP contribution in [0.4, 0.5) is 0 Å². The average molecular weight is 155 g/mol. The third-order valence-corrected chi connectivity index (χ3v) is 2.08. The first-order chi connectivity index (χ1) is 5.03. The number of nitrogens with zero attached hydrogens (tertiary/aromatic N) is 1. The molecule has 0 radical (unpaired) electrons. The van der Waals surface area contributed by atoms with Crippen LogP contribution in [0.2, 0.25) is 0 Å². The molecule has 0 amide bonds. The van der Waals surface area contributed by atoms with Crippen molar-refractivity contribution < 1.29 is 5.11 Å². The summed E-state index contributed by atoms with van der Waals surface area (Å²) < 4.78 is 0. The summed E-state index contributed by atoms with van der Waals surface area (Å²) in [6.07, 6.45) is 1.04. The molecule has 1 saturated heterocycles. The minimum absolute atomic E-state index is 0.436. The summed E-state index contributed by atoms with van der Waals surface area (Å²) in [4.78, 5) is 2.21. The fraction of sp³-hybridized carbons (Fsp3) is 0.778. The molecule has 2 nitrogen and oxygen atoms in total. The molecule has 1 heterocycles. The molecule has 0 saturated carbocycles. The molecule has 1 N–H and O–H groups in total. The third-order valence-electron chi connectivity index (χ3n) is 2.08. The van der Waals surface area contributed by atoms with Crippen LogP contribution in [0.5, 0.6) is 0 Å². The highest BCUT2D eigenvalue weighted by molar-refractivity contribution is 5.02. The van der Waals surface area contributed by atoms with Crippen molar-refractivity contribution in [3.05, 3.63) is 12.2 Å². The zero-order chi connectivity index (χ0) is 8.48. The molecule has 11 heavy (non-hydrogen) atoms. The van der Waals surface area contributed by atoms with Crippen LogP contribution < -0.4 is 0 Å². The normalized spacial score (nSPS) is 22.8. The first kappa shape index (κ1) is 8.75. The highest BCUT2D eigenvalue weighted by Gasteiger charge is 2.35. The van der Waals surface area contributed by atoms with Crippen molar-refractivity contribution in [2.24, 2.45) is 0 Å². The molecule has 0 unspecified atom stereocenters. The van der Waals surface area contributed by atoms with E-state index < -0.39 is 5.60 Å². The molecule has 2 heteroatoms. The summed E-state index contributed by atoms with van der Waals surface area (Å²) in [6, 6.07) is 0. The zero-order valence-corrected chi connectivity index (χ0v) is 7.43. The predicted octanol–water partition coefficient (Wildman–Crippen LogP) is 1.02. The molecule has 0 aromatic carbocycles. The van der Waals surface area contributed by atoms with Gasteiger partial charge in [0, 0.05) is 19.6 Å². The van der Waals surface area contributed by atoms with Crippen molar-refractivity contribution in [1.29, 1.82) is 0 Å². The molecule has 0 spiro atoms. The van der Waals surface area contributed by atoms with Crippen LogP contribution in [0.3, 0.4) is 0 Å². The van der Waals surface area contributed by atoms with E-state index in [0.717, 1.165) is 26.1 Å². The van der Waals surface area contributed by atoms with Crippen molar-refractivity contribution in [3.63, 3.8) is 0 Å². The number of rotatable bonds is 3. The van der Waals surface area contributed by atoms with Gasteiger partial charge in [-0.1, -0.05) is 19.1 Å². The van der Waals surface area contributed by atoms with Crippen molar-refractivity contribution in [2.75, 3.05) is 19.6 Å². The van der Waals surface area contributed by atoms with Crippen molar-refractivity contribution in [2.45, 2.75) is 25.9 Å². The molecule has 0 bridgehead atoms. The van der Waals surface area contributed by atoms with Gasteiger partial charge in [-0.15, -0.1) is 0 Å². The molecular weight excluding hydrogens is 138 g/mol. The second-order valence-corrected chi connectivity index (χ2v) is 3.75. The summed E-state index contributed by atoms with van der Waals surface area (Å²) in [5.74, 6) is 0. The van der Waals surface area contributed by atoms with E-state index in [1.54, 1.807) is 0 Å². The molecule has 1 rings (SSSR count). The number of likely N-dealkylation sites (tertiary alicyclic amines) is 1. The number of hydrogen-bond acceptors (Lipinski definition) is 2. The summed E-state index contributed by atoms with van der Waals surface area (Å²) in [5, 5.41) is 9.40. The largest absolute Gasteiger partial charge is 0.388 e. The molecule has 0 aromatic rings. The molecule has 0 aromatic heterocycles. The van der Waals surface area contributed by atoms with Gasteiger partial charge in [0.05, 0.1) is 5.60 Å². The van der Waals surface area contributed by atoms with Gasteiger partial charge in [0.1, 0.15) is 0 Å². The quantitative estimate of drug-likeness (QED) is 0.615. The van der Waals surface area contributed by atoms with E-state index in [0.29, 0.717) is 0 Å². The first-order valence-corrected chi connectivity index (χ1v) is 4.15. The fourth-order valence-electron chi connectivity index (χ4n) is 1.46. The second-order valence-electron chi connectivity index (χ2n) is 3.75. The van der Waals surface area contributed by atoms with E-state index >= 15 is 0 Å². The minimum atomic E-state index is -0.436. The topological polar surface area (TPSA) is 23.5 Å². The van der Waals surface area contributed by atoms with Gasteiger partial charge in [0.15, 0.2) is 0 Å². The molecule has 1 fully saturated rings. The van der Waals surface area contributed by atoms with Crippen LogP contribution in [0.1, 0.15) is 20.3 Å². The lowest BCUT2D eigenvalue weighted by Gasteiger charge is -2.44. The molecule has 1 aliphatic heterocycles. The predicted molar refractivity (Wildman–Crippen MR) is 46.5 cm³/mol.